The van der Waals surface area contributed by atoms with Crippen LogP contribution >= 0.6 is 35.0 Å². The van der Waals surface area contributed by atoms with Crippen molar-refractivity contribution in [3.05, 3.63) is 27.8 Å². The van der Waals surface area contributed by atoms with Crippen LogP contribution in [0.5, 0.6) is 0 Å². The fourth-order valence-corrected chi connectivity index (χ4v) is 1.79. The topological polar surface area (TPSA) is 97.0 Å². The molecule has 9 heteroatoms. The van der Waals surface area contributed by atoms with Gasteiger partial charge in [-0.3, -0.25) is 4.79 Å². The number of nitrogens with two attached hydrogens (primary N) is 1. The number of nitrogens with one attached hydrogen (secondary N) is 1. The van der Waals surface area contributed by atoms with Crippen LogP contribution in [0.15, 0.2) is 29.3 Å². The average molecular weight is 427 g/mol. The SMILES string of the molecule is COC(=O)CN(C)/C(N)=N\C(=O)Nc1cccc(I)c1.Cl. The number of anilines is 1. The molecule has 0 saturated heterocycles. The molecule has 0 bridgehead atoms. The first-order valence-electron chi connectivity index (χ1n) is 5.61. The summed E-state index contributed by atoms with van der Waals surface area (Å²) in [6, 6.07) is 6.64. The number of nitrogens with zero attached hydrogens (tertiary/aromatic N) is 2. The lowest BCUT2D eigenvalue weighted by Gasteiger charge is -2.15. The quantitative estimate of drug-likeness (QED) is 0.332. The van der Waals surface area contributed by atoms with Gasteiger partial charge < -0.3 is 20.7 Å². The van der Waals surface area contributed by atoms with E-state index in [0.717, 1.165) is 3.57 Å². The van der Waals surface area contributed by atoms with Gasteiger partial charge in [0.15, 0.2) is 0 Å². The van der Waals surface area contributed by atoms with Gasteiger partial charge in [-0.15, -0.1) is 12.4 Å². The van der Waals surface area contributed by atoms with Gasteiger partial charge in [-0.2, -0.15) is 4.99 Å². The van der Waals surface area contributed by atoms with E-state index in [1.807, 2.05) is 12.1 Å². The first-order chi connectivity index (χ1) is 9.42. The minimum absolute atomic E-state index is 0. The summed E-state index contributed by atoms with van der Waals surface area (Å²) in [5.74, 6) is -0.540. The Morgan fingerprint density at radius 2 is 2.14 bits per heavy atom. The Balaban J connectivity index is 0.00000400. The molecule has 21 heavy (non-hydrogen) atoms. The zero-order valence-electron chi connectivity index (χ0n) is 11.5. The molecule has 0 saturated carbocycles. The third-order valence-corrected chi connectivity index (χ3v) is 2.95. The van der Waals surface area contributed by atoms with Gasteiger partial charge in [-0.25, -0.2) is 4.79 Å². The summed E-state index contributed by atoms with van der Waals surface area (Å²) < 4.78 is 5.48. The second kappa shape index (κ2) is 9.40. The third kappa shape index (κ3) is 7.14. The van der Waals surface area contributed by atoms with E-state index in [4.69, 9.17) is 5.73 Å². The van der Waals surface area contributed by atoms with Gasteiger partial charge >= 0.3 is 12.0 Å². The Kier molecular flexibility index (Phi) is 8.70. The van der Waals surface area contributed by atoms with Crippen LogP contribution in [0.4, 0.5) is 10.5 Å². The predicted molar refractivity (Wildman–Crippen MR) is 91.7 cm³/mol. The Hall–Kier alpha value is -1.55. The Labute approximate surface area is 142 Å². The molecule has 7 nitrogen and oxygen atoms in total. The highest BCUT2D eigenvalue weighted by Crippen LogP contribution is 2.12. The van der Waals surface area contributed by atoms with E-state index in [0.29, 0.717) is 5.69 Å². The van der Waals surface area contributed by atoms with Gasteiger partial charge in [-0.05, 0) is 40.8 Å². The van der Waals surface area contributed by atoms with Crippen molar-refractivity contribution < 1.29 is 14.3 Å². The van der Waals surface area contributed by atoms with Crippen LogP contribution in [0, 0.1) is 3.57 Å². The maximum absolute atomic E-state index is 11.7. The van der Waals surface area contributed by atoms with E-state index in [2.05, 4.69) is 37.6 Å². The van der Waals surface area contributed by atoms with Gasteiger partial charge in [0.05, 0.1) is 7.11 Å². The highest BCUT2D eigenvalue weighted by Gasteiger charge is 2.10. The second-order valence-corrected chi connectivity index (χ2v) is 5.09. The number of benzene rings is 1. The molecule has 2 amide bonds. The number of carbonyl (C=O) groups is 2. The van der Waals surface area contributed by atoms with Crippen LogP contribution in [0.1, 0.15) is 0 Å². The molecule has 1 aromatic rings. The molecule has 0 atom stereocenters. The Bertz CT molecular complexity index is 539. The van der Waals surface area contributed by atoms with Crippen LogP contribution in [-0.4, -0.2) is 43.6 Å². The van der Waals surface area contributed by atoms with E-state index in [1.165, 1.54) is 19.1 Å². The van der Waals surface area contributed by atoms with Gasteiger partial charge in [0.1, 0.15) is 6.54 Å². The van der Waals surface area contributed by atoms with E-state index >= 15 is 0 Å². The molecule has 1 rings (SSSR count). The number of ether oxygens (including phenoxy) is 1. The van der Waals surface area contributed by atoms with Gasteiger partial charge in [-0.1, -0.05) is 6.07 Å². The van der Waals surface area contributed by atoms with Crippen molar-refractivity contribution in [2.45, 2.75) is 0 Å². The number of methoxy groups -OCH3 is 1. The van der Waals surface area contributed by atoms with Gasteiger partial charge in [0, 0.05) is 16.3 Å². The molecular weight excluding hydrogens is 411 g/mol. The van der Waals surface area contributed by atoms with Crippen LogP contribution in [-0.2, 0) is 9.53 Å². The van der Waals surface area contributed by atoms with Crippen LogP contribution < -0.4 is 11.1 Å². The smallest absolute Gasteiger partial charge is 0.348 e. The number of carbonyl (C=O) groups excluding carboxylic acids is 2. The molecule has 0 aliphatic carbocycles. The number of guanidine groups is 1. The van der Waals surface area contributed by atoms with Gasteiger partial charge in [0.25, 0.3) is 0 Å². The van der Waals surface area contributed by atoms with Crippen molar-refractivity contribution in [1.29, 1.82) is 0 Å². The van der Waals surface area contributed by atoms with Crippen LogP contribution in [0.2, 0.25) is 0 Å². The van der Waals surface area contributed by atoms with Crippen molar-refractivity contribution in [3.8, 4) is 0 Å². The van der Waals surface area contributed by atoms with Crippen molar-refractivity contribution in [2.24, 2.45) is 10.7 Å². The normalized spacial score (nSPS) is 10.3. The van der Waals surface area contributed by atoms with Crippen molar-refractivity contribution >= 4 is 58.6 Å². The van der Waals surface area contributed by atoms with E-state index in [9.17, 15) is 9.59 Å². The number of hydrogen-bond donors (Lipinski definition) is 2. The summed E-state index contributed by atoms with van der Waals surface area (Å²) in [5, 5.41) is 2.58. The number of aliphatic imine (C=N–C) groups is 1. The molecule has 116 valence electrons. The number of halogens is 2. The maximum Gasteiger partial charge on any atom is 0.348 e. The lowest BCUT2D eigenvalue weighted by Crippen LogP contribution is -2.39. The minimum Gasteiger partial charge on any atom is -0.468 e. The fraction of sp³-hybridized carbons (Fsp3) is 0.250. The Morgan fingerprint density at radius 3 is 2.71 bits per heavy atom. The zero-order chi connectivity index (χ0) is 15.1. The average Bonchev–Trinajstić information content (AvgIpc) is 2.38. The van der Waals surface area contributed by atoms with E-state index < -0.39 is 12.0 Å². The molecular formula is C12H16ClIN4O3. The summed E-state index contributed by atoms with van der Waals surface area (Å²) in [5.41, 5.74) is 6.23. The van der Waals surface area contributed by atoms with Crippen molar-refractivity contribution in [1.82, 2.24) is 4.90 Å². The lowest BCUT2D eigenvalue weighted by atomic mass is 10.3. The lowest BCUT2D eigenvalue weighted by molar-refractivity contribution is -0.140. The molecule has 0 aliphatic rings. The molecule has 0 fully saturated rings. The number of rotatable bonds is 3. The standard InChI is InChI=1S/C12H15IN4O3.ClH/c1-17(7-10(18)20-2)11(14)16-12(19)15-9-5-3-4-8(13)6-9;/h3-6H,7H2,1-2H3,(H3,14,15,16,19);1H. The Morgan fingerprint density at radius 1 is 1.48 bits per heavy atom. The molecule has 0 spiro atoms. The molecule has 0 aromatic heterocycles. The summed E-state index contributed by atoms with van der Waals surface area (Å²) in [6.07, 6.45) is 0. The number of esters is 1. The number of hydrogen-bond acceptors (Lipinski definition) is 3. The van der Waals surface area contributed by atoms with Crippen LogP contribution in [0.3, 0.4) is 0 Å². The highest BCUT2D eigenvalue weighted by atomic mass is 127. The second-order valence-electron chi connectivity index (χ2n) is 3.84. The fourth-order valence-electron chi connectivity index (χ4n) is 1.25. The monoisotopic (exact) mass is 426 g/mol. The van der Waals surface area contributed by atoms with Crippen LogP contribution in [0.25, 0.3) is 0 Å². The summed E-state index contributed by atoms with van der Waals surface area (Å²) >= 11 is 2.13. The highest BCUT2D eigenvalue weighted by molar-refractivity contribution is 14.1. The van der Waals surface area contributed by atoms with Crippen molar-refractivity contribution in [3.63, 3.8) is 0 Å². The largest absolute Gasteiger partial charge is 0.468 e. The van der Waals surface area contributed by atoms with Crippen molar-refractivity contribution in [2.75, 3.05) is 26.0 Å². The molecule has 1 aromatic carbocycles. The molecule has 0 unspecified atom stereocenters. The maximum atomic E-state index is 11.7. The first kappa shape index (κ1) is 19.4. The molecule has 3 N–H and O–H groups in total. The predicted octanol–water partition coefficient (Wildman–Crippen LogP) is 1.66. The number of urea groups is 1. The third-order valence-electron chi connectivity index (χ3n) is 2.28. The number of amides is 2. The zero-order valence-corrected chi connectivity index (χ0v) is 14.5. The first-order valence-corrected chi connectivity index (χ1v) is 6.69. The summed E-state index contributed by atoms with van der Waals surface area (Å²) in [7, 11) is 2.81. The molecule has 0 heterocycles. The minimum atomic E-state index is -0.610. The van der Waals surface area contributed by atoms with E-state index in [-0.39, 0.29) is 24.9 Å². The van der Waals surface area contributed by atoms with E-state index in [1.54, 1.807) is 12.1 Å². The molecule has 0 radical (unpaired) electrons. The summed E-state index contributed by atoms with van der Waals surface area (Å²) in [4.78, 5) is 27.7. The van der Waals surface area contributed by atoms with Gasteiger partial charge in [0.2, 0.25) is 5.96 Å². The summed E-state index contributed by atoms with van der Waals surface area (Å²) in [6.45, 7) is -0.0810. The number of likely N-dealkylation sites (N-methyl/N-ethyl adjacent to an activating group) is 1. The molecule has 0 aliphatic heterocycles.